The van der Waals surface area contributed by atoms with Gasteiger partial charge in [0.2, 0.25) is 5.89 Å². The molecule has 23 heavy (non-hydrogen) atoms. The molecule has 2 fully saturated rings. The Labute approximate surface area is 137 Å². The van der Waals surface area contributed by atoms with Gasteiger partial charge < -0.3 is 19.5 Å². The first kappa shape index (κ1) is 16.2. The van der Waals surface area contributed by atoms with Gasteiger partial charge in [-0.25, -0.2) is 0 Å². The molecular weight excluding hydrogens is 294 g/mol. The Kier molecular flexibility index (Phi) is 4.31. The van der Waals surface area contributed by atoms with E-state index in [1.165, 1.54) is 6.42 Å². The summed E-state index contributed by atoms with van der Waals surface area (Å²) in [6.07, 6.45) is 2.32. The highest BCUT2D eigenvalue weighted by Crippen LogP contribution is 2.38. The number of nitrogens with zero attached hydrogens (tertiary/aromatic N) is 4. The molecule has 1 atom stereocenters. The molecule has 3 rings (SSSR count). The van der Waals surface area contributed by atoms with Crippen LogP contribution >= 0.6 is 0 Å². The van der Waals surface area contributed by atoms with Crippen molar-refractivity contribution < 1.29 is 9.26 Å². The fraction of sp³-hybridized carbons (Fsp3) is 0.812. The first-order valence-corrected chi connectivity index (χ1v) is 8.28. The van der Waals surface area contributed by atoms with E-state index in [1.54, 1.807) is 0 Å². The van der Waals surface area contributed by atoms with E-state index in [0.717, 1.165) is 38.7 Å². The SMILES string of the molecule is CN=C(NCc1noc(C(C)(C)C)n1)N1CCC2(CCOC2)C1. The number of rotatable bonds is 2. The predicted molar refractivity (Wildman–Crippen MR) is 87.3 cm³/mol. The molecule has 0 bridgehead atoms. The summed E-state index contributed by atoms with van der Waals surface area (Å²) in [7, 11) is 1.81. The topological polar surface area (TPSA) is 75.8 Å². The van der Waals surface area contributed by atoms with Gasteiger partial charge in [-0.3, -0.25) is 4.99 Å². The number of aromatic nitrogens is 2. The number of likely N-dealkylation sites (tertiary alicyclic amines) is 1. The first-order chi connectivity index (χ1) is 10.9. The summed E-state index contributed by atoms with van der Waals surface area (Å²) in [5.74, 6) is 2.22. The first-order valence-electron chi connectivity index (χ1n) is 8.28. The van der Waals surface area contributed by atoms with Gasteiger partial charge in [-0.15, -0.1) is 0 Å². The van der Waals surface area contributed by atoms with Crippen molar-refractivity contribution in [2.45, 2.75) is 45.6 Å². The number of nitrogens with one attached hydrogen (secondary N) is 1. The van der Waals surface area contributed by atoms with Gasteiger partial charge in [0.05, 0.1) is 13.2 Å². The van der Waals surface area contributed by atoms with Crippen molar-refractivity contribution in [1.29, 1.82) is 0 Å². The van der Waals surface area contributed by atoms with Crippen LogP contribution in [0, 0.1) is 5.41 Å². The minimum atomic E-state index is -0.128. The highest BCUT2D eigenvalue weighted by Gasteiger charge is 2.42. The maximum atomic E-state index is 5.59. The van der Waals surface area contributed by atoms with Crippen LogP contribution in [0.3, 0.4) is 0 Å². The van der Waals surface area contributed by atoms with E-state index in [4.69, 9.17) is 9.26 Å². The van der Waals surface area contributed by atoms with Gasteiger partial charge in [0.15, 0.2) is 11.8 Å². The summed E-state index contributed by atoms with van der Waals surface area (Å²) in [6.45, 7) is 10.5. The molecule has 1 N–H and O–H groups in total. The highest BCUT2D eigenvalue weighted by molar-refractivity contribution is 5.80. The second-order valence-electron chi connectivity index (χ2n) is 7.64. The van der Waals surface area contributed by atoms with Crippen LogP contribution in [0.25, 0.3) is 0 Å². The molecule has 0 saturated carbocycles. The van der Waals surface area contributed by atoms with E-state index in [0.29, 0.717) is 23.7 Å². The summed E-state index contributed by atoms with van der Waals surface area (Å²) >= 11 is 0. The van der Waals surface area contributed by atoms with Gasteiger partial charge in [0.1, 0.15) is 0 Å². The summed E-state index contributed by atoms with van der Waals surface area (Å²) in [5, 5.41) is 7.39. The second kappa shape index (κ2) is 6.11. The third-order valence-electron chi connectivity index (χ3n) is 4.65. The summed E-state index contributed by atoms with van der Waals surface area (Å²) in [4.78, 5) is 11.2. The number of aliphatic imine (C=N–C) groups is 1. The molecule has 1 aromatic rings. The summed E-state index contributed by atoms with van der Waals surface area (Å²) in [5.41, 5.74) is 0.194. The van der Waals surface area contributed by atoms with Gasteiger partial charge in [-0.2, -0.15) is 4.98 Å². The van der Waals surface area contributed by atoms with Crippen molar-refractivity contribution in [3.8, 4) is 0 Å². The van der Waals surface area contributed by atoms with Crippen LogP contribution in [0.5, 0.6) is 0 Å². The predicted octanol–water partition coefficient (Wildman–Crippen LogP) is 1.55. The summed E-state index contributed by atoms with van der Waals surface area (Å²) < 4.78 is 10.9. The molecule has 128 valence electrons. The zero-order valence-electron chi connectivity index (χ0n) is 14.6. The fourth-order valence-electron chi connectivity index (χ4n) is 3.21. The lowest BCUT2D eigenvalue weighted by Gasteiger charge is -2.24. The molecule has 2 aliphatic heterocycles. The van der Waals surface area contributed by atoms with E-state index < -0.39 is 0 Å². The molecule has 2 aliphatic rings. The van der Waals surface area contributed by atoms with Crippen LogP contribution in [0.1, 0.15) is 45.3 Å². The fourth-order valence-corrected chi connectivity index (χ4v) is 3.21. The molecule has 0 aromatic carbocycles. The molecule has 1 aromatic heterocycles. The van der Waals surface area contributed by atoms with Crippen LogP contribution in [0.15, 0.2) is 9.52 Å². The maximum absolute atomic E-state index is 5.59. The van der Waals surface area contributed by atoms with Gasteiger partial charge in [-0.1, -0.05) is 25.9 Å². The molecule has 3 heterocycles. The van der Waals surface area contributed by atoms with Gasteiger partial charge in [0.25, 0.3) is 0 Å². The Hall–Kier alpha value is -1.63. The Morgan fingerprint density at radius 1 is 1.39 bits per heavy atom. The highest BCUT2D eigenvalue weighted by atomic mass is 16.5. The second-order valence-corrected chi connectivity index (χ2v) is 7.64. The molecule has 0 aliphatic carbocycles. The van der Waals surface area contributed by atoms with E-state index in [2.05, 4.69) is 46.1 Å². The molecule has 1 spiro atoms. The number of hydrogen-bond acceptors (Lipinski definition) is 5. The molecule has 7 heteroatoms. The van der Waals surface area contributed by atoms with E-state index in [-0.39, 0.29) is 5.41 Å². The van der Waals surface area contributed by atoms with E-state index in [9.17, 15) is 0 Å². The Morgan fingerprint density at radius 3 is 2.83 bits per heavy atom. The quantitative estimate of drug-likeness (QED) is 0.658. The smallest absolute Gasteiger partial charge is 0.232 e. The van der Waals surface area contributed by atoms with Crippen LogP contribution in [-0.4, -0.2) is 54.4 Å². The Morgan fingerprint density at radius 2 is 2.22 bits per heavy atom. The van der Waals surface area contributed by atoms with E-state index >= 15 is 0 Å². The van der Waals surface area contributed by atoms with Crippen molar-refractivity contribution in [3.05, 3.63) is 11.7 Å². The van der Waals surface area contributed by atoms with Crippen molar-refractivity contribution in [2.24, 2.45) is 10.4 Å². The van der Waals surface area contributed by atoms with Crippen LogP contribution < -0.4 is 5.32 Å². The van der Waals surface area contributed by atoms with Crippen molar-refractivity contribution in [3.63, 3.8) is 0 Å². The Bertz CT molecular complexity index is 569. The monoisotopic (exact) mass is 321 g/mol. The minimum absolute atomic E-state index is 0.128. The van der Waals surface area contributed by atoms with Crippen molar-refractivity contribution in [2.75, 3.05) is 33.4 Å². The van der Waals surface area contributed by atoms with Gasteiger partial charge >= 0.3 is 0 Å². The number of hydrogen-bond donors (Lipinski definition) is 1. The lowest BCUT2D eigenvalue weighted by molar-refractivity contribution is 0.156. The molecule has 2 saturated heterocycles. The lowest BCUT2D eigenvalue weighted by atomic mass is 9.87. The molecule has 0 radical (unpaired) electrons. The van der Waals surface area contributed by atoms with Crippen LogP contribution in [0.2, 0.25) is 0 Å². The third kappa shape index (κ3) is 3.49. The van der Waals surface area contributed by atoms with Crippen LogP contribution in [0.4, 0.5) is 0 Å². The van der Waals surface area contributed by atoms with Gasteiger partial charge in [-0.05, 0) is 12.8 Å². The Balaban J connectivity index is 1.57. The third-order valence-corrected chi connectivity index (χ3v) is 4.65. The average Bonchev–Trinajstić information content (AvgIpc) is 3.22. The van der Waals surface area contributed by atoms with Gasteiger partial charge in [0, 0.05) is 37.6 Å². The normalized spacial score (nSPS) is 25.6. The maximum Gasteiger partial charge on any atom is 0.232 e. The minimum Gasteiger partial charge on any atom is -0.381 e. The molecule has 7 nitrogen and oxygen atoms in total. The molecular formula is C16H27N5O2. The number of guanidine groups is 1. The average molecular weight is 321 g/mol. The van der Waals surface area contributed by atoms with Crippen LogP contribution in [-0.2, 0) is 16.7 Å². The van der Waals surface area contributed by atoms with Crippen molar-refractivity contribution >= 4 is 5.96 Å². The summed E-state index contributed by atoms with van der Waals surface area (Å²) in [6, 6.07) is 0. The zero-order valence-corrected chi connectivity index (χ0v) is 14.6. The standard InChI is InChI=1S/C16H27N5O2/c1-15(2,3)13-19-12(20-23-13)9-18-14(17-4)21-7-5-16(10-21)6-8-22-11-16/h5-11H2,1-4H3,(H,17,18). The van der Waals surface area contributed by atoms with Crippen molar-refractivity contribution in [1.82, 2.24) is 20.4 Å². The molecule has 0 amide bonds. The number of ether oxygens (including phenoxy) is 1. The van der Waals surface area contributed by atoms with E-state index in [1.807, 2.05) is 7.05 Å². The largest absolute Gasteiger partial charge is 0.381 e. The lowest BCUT2D eigenvalue weighted by Crippen LogP contribution is -2.41. The zero-order chi connectivity index (χ0) is 16.5. The molecule has 1 unspecified atom stereocenters.